The number of hydrogen-bond donors (Lipinski definition) is 1. The van der Waals surface area contributed by atoms with E-state index in [1.54, 1.807) is 4.90 Å². The largest absolute Gasteiger partial charge is 0.369 e. The lowest BCUT2D eigenvalue weighted by molar-refractivity contribution is -0.123. The van der Waals surface area contributed by atoms with E-state index in [0.717, 1.165) is 17.3 Å². The van der Waals surface area contributed by atoms with E-state index in [4.69, 9.17) is 5.73 Å². The van der Waals surface area contributed by atoms with Gasteiger partial charge in [-0.25, -0.2) is 0 Å². The van der Waals surface area contributed by atoms with Crippen molar-refractivity contribution in [1.29, 1.82) is 0 Å². The van der Waals surface area contributed by atoms with E-state index in [9.17, 15) is 9.59 Å². The molecule has 1 aliphatic heterocycles. The zero-order chi connectivity index (χ0) is 13.3. The van der Waals surface area contributed by atoms with Crippen LogP contribution in [-0.4, -0.2) is 29.3 Å². The molecule has 1 saturated heterocycles. The van der Waals surface area contributed by atoms with Crippen LogP contribution in [0.2, 0.25) is 0 Å². The molecule has 2 atom stereocenters. The Morgan fingerprint density at radius 2 is 2.22 bits per heavy atom. The summed E-state index contributed by atoms with van der Waals surface area (Å²) in [5.41, 5.74) is 5.34. The van der Waals surface area contributed by atoms with Gasteiger partial charge in [-0.2, -0.15) is 0 Å². The average Bonchev–Trinajstić information content (AvgIpc) is 2.75. The van der Waals surface area contributed by atoms with Crippen LogP contribution in [0.5, 0.6) is 0 Å². The molecule has 2 rings (SSSR count). The summed E-state index contributed by atoms with van der Waals surface area (Å²) in [6, 6.07) is 1.97. The minimum Gasteiger partial charge on any atom is -0.369 e. The quantitative estimate of drug-likeness (QED) is 0.903. The number of likely N-dealkylation sites (tertiary alicyclic amines) is 1. The molecule has 0 spiro atoms. The van der Waals surface area contributed by atoms with E-state index in [-0.39, 0.29) is 23.8 Å². The van der Waals surface area contributed by atoms with Gasteiger partial charge in [0.15, 0.2) is 0 Å². The highest BCUT2D eigenvalue weighted by Crippen LogP contribution is 2.27. The van der Waals surface area contributed by atoms with Gasteiger partial charge in [-0.05, 0) is 41.8 Å². The number of carbonyl (C=O) groups is 2. The van der Waals surface area contributed by atoms with E-state index >= 15 is 0 Å². The molecular weight excluding hydrogens is 316 g/mol. The highest BCUT2D eigenvalue weighted by atomic mass is 79.9. The number of nitrogens with two attached hydrogens (primary N) is 1. The van der Waals surface area contributed by atoms with E-state index in [0.29, 0.717) is 11.4 Å². The molecular formula is C12H15BrN2O2S. The SMILES string of the molecule is C[C@H]1CC[C@@H](C(N)=O)CN1C(=O)c1cc(Br)cs1. The Hall–Kier alpha value is -0.880. The molecule has 18 heavy (non-hydrogen) atoms. The van der Waals surface area contributed by atoms with Gasteiger partial charge in [0.25, 0.3) is 5.91 Å². The first-order chi connectivity index (χ1) is 8.49. The fourth-order valence-corrected chi connectivity index (χ4v) is 3.57. The van der Waals surface area contributed by atoms with Crippen LogP contribution in [0, 0.1) is 5.92 Å². The van der Waals surface area contributed by atoms with Crippen molar-refractivity contribution in [3.05, 3.63) is 20.8 Å². The minimum atomic E-state index is -0.313. The van der Waals surface area contributed by atoms with Crippen LogP contribution < -0.4 is 5.73 Å². The van der Waals surface area contributed by atoms with Crippen molar-refractivity contribution in [2.75, 3.05) is 6.54 Å². The maximum atomic E-state index is 12.4. The first-order valence-electron chi connectivity index (χ1n) is 5.83. The maximum absolute atomic E-state index is 12.4. The molecule has 2 heterocycles. The summed E-state index contributed by atoms with van der Waals surface area (Å²) in [6.07, 6.45) is 1.60. The third-order valence-electron chi connectivity index (χ3n) is 3.32. The minimum absolute atomic E-state index is 0.0100. The Kier molecular flexibility index (Phi) is 4.07. The van der Waals surface area contributed by atoms with Crippen molar-refractivity contribution in [2.45, 2.75) is 25.8 Å². The monoisotopic (exact) mass is 330 g/mol. The summed E-state index contributed by atoms with van der Waals surface area (Å²) in [7, 11) is 0. The topological polar surface area (TPSA) is 63.4 Å². The molecule has 4 nitrogen and oxygen atoms in total. The summed E-state index contributed by atoms with van der Waals surface area (Å²) >= 11 is 4.75. The predicted octanol–water partition coefficient (Wildman–Crippen LogP) is 2.24. The maximum Gasteiger partial charge on any atom is 0.264 e. The molecule has 0 aliphatic carbocycles. The zero-order valence-corrected chi connectivity index (χ0v) is 12.5. The molecule has 1 fully saturated rings. The van der Waals surface area contributed by atoms with Gasteiger partial charge in [-0.3, -0.25) is 9.59 Å². The van der Waals surface area contributed by atoms with Crippen LogP contribution in [0.4, 0.5) is 0 Å². The third kappa shape index (κ3) is 2.75. The standard InChI is InChI=1S/C12H15BrN2O2S/c1-7-2-3-8(11(14)16)5-15(7)12(17)10-4-9(13)6-18-10/h4,6-8H,2-3,5H2,1H3,(H2,14,16)/t7-,8+/m0/s1. The Labute approximate surface area is 118 Å². The summed E-state index contributed by atoms with van der Waals surface area (Å²) < 4.78 is 0.909. The van der Waals surface area contributed by atoms with Crippen molar-refractivity contribution in [3.63, 3.8) is 0 Å². The molecule has 1 aromatic rings. The second-order valence-corrected chi connectivity index (χ2v) is 6.44. The Bertz CT molecular complexity index is 474. The van der Waals surface area contributed by atoms with Crippen LogP contribution in [0.1, 0.15) is 29.4 Å². The lowest BCUT2D eigenvalue weighted by Crippen LogP contribution is -2.48. The molecule has 0 saturated carbocycles. The number of hydrogen-bond acceptors (Lipinski definition) is 3. The summed E-state index contributed by atoms with van der Waals surface area (Å²) in [5, 5.41) is 1.88. The summed E-state index contributed by atoms with van der Waals surface area (Å²) in [6.45, 7) is 2.45. The molecule has 0 unspecified atom stereocenters. The van der Waals surface area contributed by atoms with E-state index < -0.39 is 0 Å². The molecule has 2 amide bonds. The van der Waals surface area contributed by atoms with Gasteiger partial charge in [-0.15, -0.1) is 11.3 Å². The van der Waals surface area contributed by atoms with Crippen LogP contribution in [-0.2, 0) is 4.79 Å². The van der Waals surface area contributed by atoms with Gasteiger partial charge >= 0.3 is 0 Å². The average molecular weight is 331 g/mol. The van der Waals surface area contributed by atoms with Gasteiger partial charge in [-0.1, -0.05) is 0 Å². The summed E-state index contributed by atoms with van der Waals surface area (Å²) in [5.74, 6) is -0.537. The Morgan fingerprint density at radius 1 is 1.50 bits per heavy atom. The van der Waals surface area contributed by atoms with Crippen LogP contribution in [0.15, 0.2) is 15.9 Å². The molecule has 6 heteroatoms. The highest BCUT2D eigenvalue weighted by molar-refractivity contribution is 9.10. The number of halogens is 1. The molecule has 0 bridgehead atoms. The second-order valence-electron chi connectivity index (χ2n) is 4.61. The highest BCUT2D eigenvalue weighted by Gasteiger charge is 2.32. The van der Waals surface area contributed by atoms with Gasteiger partial charge in [0.2, 0.25) is 5.91 Å². The number of rotatable bonds is 2. The Morgan fingerprint density at radius 3 is 2.78 bits per heavy atom. The number of piperidine rings is 1. The van der Waals surface area contributed by atoms with Gasteiger partial charge in [0.05, 0.1) is 10.8 Å². The Balaban J connectivity index is 2.15. The van der Waals surface area contributed by atoms with Crippen molar-refractivity contribution < 1.29 is 9.59 Å². The van der Waals surface area contributed by atoms with Gasteiger partial charge in [0, 0.05) is 22.4 Å². The number of carbonyl (C=O) groups excluding carboxylic acids is 2. The van der Waals surface area contributed by atoms with Crippen LogP contribution >= 0.6 is 27.3 Å². The molecule has 0 radical (unpaired) electrons. The lowest BCUT2D eigenvalue weighted by Gasteiger charge is -2.36. The van der Waals surface area contributed by atoms with Crippen LogP contribution in [0.3, 0.4) is 0 Å². The fraction of sp³-hybridized carbons (Fsp3) is 0.500. The van der Waals surface area contributed by atoms with E-state index in [2.05, 4.69) is 15.9 Å². The lowest BCUT2D eigenvalue weighted by atomic mass is 9.93. The number of amides is 2. The van der Waals surface area contributed by atoms with Gasteiger partial charge in [0.1, 0.15) is 0 Å². The third-order valence-corrected chi connectivity index (χ3v) is 5.00. The van der Waals surface area contributed by atoms with Crippen molar-refractivity contribution in [2.24, 2.45) is 11.7 Å². The van der Waals surface area contributed by atoms with Crippen molar-refractivity contribution in [3.8, 4) is 0 Å². The molecule has 1 aliphatic rings. The molecule has 98 valence electrons. The summed E-state index contributed by atoms with van der Waals surface area (Å²) in [4.78, 5) is 26.1. The first-order valence-corrected chi connectivity index (χ1v) is 7.50. The zero-order valence-electron chi connectivity index (χ0n) is 10.1. The first kappa shape index (κ1) is 13.5. The van der Waals surface area contributed by atoms with E-state index in [1.807, 2.05) is 18.4 Å². The molecule has 0 aromatic carbocycles. The predicted molar refractivity (Wildman–Crippen MR) is 74.4 cm³/mol. The van der Waals surface area contributed by atoms with Gasteiger partial charge < -0.3 is 10.6 Å². The number of primary amides is 1. The smallest absolute Gasteiger partial charge is 0.264 e. The van der Waals surface area contributed by atoms with E-state index in [1.165, 1.54) is 11.3 Å². The second kappa shape index (κ2) is 5.40. The fourth-order valence-electron chi connectivity index (χ4n) is 2.19. The number of nitrogens with zero attached hydrogens (tertiary/aromatic N) is 1. The van der Waals surface area contributed by atoms with Crippen molar-refractivity contribution in [1.82, 2.24) is 4.90 Å². The molecule has 2 N–H and O–H groups in total. The van der Waals surface area contributed by atoms with Crippen LogP contribution in [0.25, 0.3) is 0 Å². The normalized spacial score (nSPS) is 24.0. The van der Waals surface area contributed by atoms with Crippen molar-refractivity contribution >= 4 is 39.1 Å². The molecule has 1 aromatic heterocycles. The number of thiophene rings is 1.